The van der Waals surface area contributed by atoms with Crippen molar-refractivity contribution >= 4 is 40.3 Å². The molecule has 158 valence electrons. The van der Waals surface area contributed by atoms with Gasteiger partial charge in [0.15, 0.2) is 11.5 Å². The van der Waals surface area contributed by atoms with Crippen molar-refractivity contribution in [2.75, 3.05) is 35.0 Å². The molecular weight excluding hydrogens is 422 g/mol. The van der Waals surface area contributed by atoms with Crippen molar-refractivity contribution in [1.82, 2.24) is 4.90 Å². The minimum atomic E-state index is -0.115. The molecule has 30 heavy (non-hydrogen) atoms. The summed E-state index contributed by atoms with van der Waals surface area (Å²) in [5.74, 6) is 2.56. The third kappa shape index (κ3) is 4.71. The van der Waals surface area contributed by atoms with Crippen molar-refractivity contribution in [2.45, 2.75) is 6.42 Å². The number of benzene rings is 2. The van der Waals surface area contributed by atoms with Crippen molar-refractivity contribution in [2.24, 2.45) is 0 Å². The summed E-state index contributed by atoms with van der Waals surface area (Å²) in [6.07, 6.45) is 2.43. The van der Waals surface area contributed by atoms with Gasteiger partial charge in [0.25, 0.3) is 5.91 Å². The first-order valence-corrected chi connectivity index (χ1v) is 10.4. The van der Waals surface area contributed by atoms with E-state index in [-0.39, 0.29) is 5.91 Å². The van der Waals surface area contributed by atoms with E-state index >= 15 is 0 Å². The summed E-state index contributed by atoms with van der Waals surface area (Å²) in [7, 11) is 6.38. The Labute approximate surface area is 185 Å². The lowest BCUT2D eigenvalue weighted by Gasteiger charge is -2.15. The van der Waals surface area contributed by atoms with Crippen LogP contribution >= 0.6 is 24.0 Å². The molecule has 6 nitrogen and oxygen atoms in total. The van der Waals surface area contributed by atoms with Gasteiger partial charge in [0.2, 0.25) is 0 Å². The molecule has 0 saturated carbocycles. The molecule has 1 amide bonds. The third-order valence-electron chi connectivity index (χ3n) is 4.67. The second kappa shape index (κ2) is 9.86. The van der Waals surface area contributed by atoms with Crippen molar-refractivity contribution in [3.63, 3.8) is 0 Å². The van der Waals surface area contributed by atoms with Gasteiger partial charge in [-0.3, -0.25) is 9.69 Å². The fraction of sp³-hybridized carbons (Fsp3) is 0.273. The normalized spacial score (nSPS) is 14.9. The summed E-state index contributed by atoms with van der Waals surface area (Å²) in [5.41, 5.74) is 1.79. The van der Waals surface area contributed by atoms with E-state index in [1.54, 1.807) is 39.4 Å². The Balaban J connectivity index is 1.76. The molecule has 1 saturated heterocycles. The number of carbonyl (C=O) groups excluding carboxylic acids is 1. The molecular formula is C22H23NO5S2. The highest BCUT2D eigenvalue weighted by atomic mass is 32.2. The maximum atomic E-state index is 13.0. The molecule has 0 aliphatic carbocycles. The van der Waals surface area contributed by atoms with Crippen LogP contribution in [0, 0.1) is 0 Å². The van der Waals surface area contributed by atoms with Gasteiger partial charge in [0.1, 0.15) is 15.8 Å². The van der Waals surface area contributed by atoms with Gasteiger partial charge in [0, 0.05) is 12.1 Å². The van der Waals surface area contributed by atoms with Crippen LogP contribution in [0.4, 0.5) is 0 Å². The largest absolute Gasteiger partial charge is 0.497 e. The van der Waals surface area contributed by atoms with Crippen molar-refractivity contribution in [3.05, 3.63) is 52.4 Å². The Morgan fingerprint density at radius 2 is 1.63 bits per heavy atom. The Hall–Kier alpha value is -2.71. The zero-order chi connectivity index (χ0) is 21.7. The molecule has 8 heteroatoms. The summed E-state index contributed by atoms with van der Waals surface area (Å²) in [4.78, 5) is 15.1. The number of ether oxygens (including phenoxy) is 4. The number of carbonyl (C=O) groups is 1. The zero-order valence-corrected chi connectivity index (χ0v) is 18.9. The van der Waals surface area contributed by atoms with E-state index in [0.29, 0.717) is 45.2 Å². The third-order valence-corrected chi connectivity index (χ3v) is 6.05. The van der Waals surface area contributed by atoms with E-state index in [2.05, 4.69) is 0 Å². The lowest BCUT2D eigenvalue weighted by Crippen LogP contribution is -2.30. The predicted molar refractivity (Wildman–Crippen MR) is 123 cm³/mol. The van der Waals surface area contributed by atoms with Crippen LogP contribution in [0.15, 0.2) is 41.3 Å². The molecule has 1 fully saturated rings. The summed E-state index contributed by atoms with van der Waals surface area (Å²) in [6, 6.07) is 11.2. The first-order valence-electron chi connectivity index (χ1n) is 9.19. The number of thiocarbonyl (C=S) groups is 1. The van der Waals surface area contributed by atoms with E-state index in [9.17, 15) is 4.79 Å². The maximum absolute atomic E-state index is 13.0. The van der Waals surface area contributed by atoms with Crippen molar-refractivity contribution in [3.8, 4) is 23.0 Å². The van der Waals surface area contributed by atoms with Gasteiger partial charge in [-0.05, 0) is 48.4 Å². The predicted octanol–water partition coefficient (Wildman–Crippen LogP) is 4.16. The highest BCUT2D eigenvalue weighted by molar-refractivity contribution is 8.26. The van der Waals surface area contributed by atoms with Gasteiger partial charge in [-0.15, -0.1) is 0 Å². The highest BCUT2D eigenvalue weighted by Crippen LogP contribution is 2.35. The SMILES string of the molecule is COc1ccc(OC)c(C=C2SC(=S)N(CCc3ccc(OC)c(OC)c3)C2=O)c1. The van der Waals surface area contributed by atoms with Crippen LogP contribution in [0.1, 0.15) is 11.1 Å². The molecule has 0 unspecified atom stereocenters. The average Bonchev–Trinajstić information content (AvgIpc) is 3.04. The van der Waals surface area contributed by atoms with E-state index in [0.717, 1.165) is 11.1 Å². The maximum Gasteiger partial charge on any atom is 0.266 e. The van der Waals surface area contributed by atoms with Crippen LogP contribution in [-0.4, -0.2) is 50.1 Å². The molecule has 0 aromatic heterocycles. The summed E-state index contributed by atoms with van der Waals surface area (Å²) in [5, 5.41) is 0. The topological polar surface area (TPSA) is 57.2 Å². The molecule has 1 aliphatic heterocycles. The Morgan fingerprint density at radius 1 is 0.933 bits per heavy atom. The molecule has 2 aromatic carbocycles. The van der Waals surface area contributed by atoms with Crippen LogP contribution < -0.4 is 18.9 Å². The minimum absolute atomic E-state index is 0.115. The van der Waals surface area contributed by atoms with Crippen LogP contribution in [0.5, 0.6) is 23.0 Å². The van der Waals surface area contributed by atoms with E-state index in [1.165, 1.54) is 11.8 Å². The first-order chi connectivity index (χ1) is 14.5. The second-order valence-corrected chi connectivity index (χ2v) is 8.06. The van der Waals surface area contributed by atoms with Crippen LogP contribution in [0.2, 0.25) is 0 Å². The molecule has 1 aliphatic rings. The quantitative estimate of drug-likeness (QED) is 0.447. The molecule has 0 radical (unpaired) electrons. The molecule has 0 N–H and O–H groups in total. The standard InChI is InChI=1S/C22H23NO5S2/c1-25-16-6-8-17(26-2)15(12-16)13-20-21(24)23(22(29)30-20)10-9-14-5-7-18(27-3)19(11-14)28-4/h5-8,11-13H,9-10H2,1-4H3. The number of nitrogens with zero attached hydrogens (tertiary/aromatic N) is 1. The van der Waals surface area contributed by atoms with Crippen LogP contribution in [-0.2, 0) is 11.2 Å². The Kier molecular flexibility index (Phi) is 7.23. The first kappa shape index (κ1) is 22.0. The van der Waals surface area contributed by atoms with Gasteiger partial charge >= 0.3 is 0 Å². The molecule has 0 atom stereocenters. The molecule has 0 spiro atoms. The van der Waals surface area contributed by atoms with Gasteiger partial charge < -0.3 is 18.9 Å². The van der Waals surface area contributed by atoms with Gasteiger partial charge in [-0.25, -0.2) is 0 Å². The number of hydrogen-bond acceptors (Lipinski definition) is 7. The minimum Gasteiger partial charge on any atom is -0.497 e. The molecule has 1 heterocycles. The number of amides is 1. The molecule has 3 rings (SSSR count). The number of methoxy groups -OCH3 is 4. The van der Waals surface area contributed by atoms with Gasteiger partial charge in [0.05, 0.1) is 33.3 Å². The highest BCUT2D eigenvalue weighted by Gasteiger charge is 2.32. The molecule has 2 aromatic rings. The lowest BCUT2D eigenvalue weighted by molar-refractivity contribution is -0.122. The van der Waals surface area contributed by atoms with Gasteiger partial charge in [-0.2, -0.15) is 0 Å². The number of rotatable bonds is 8. The summed E-state index contributed by atoms with van der Waals surface area (Å²) < 4.78 is 21.8. The monoisotopic (exact) mass is 445 g/mol. The van der Waals surface area contributed by atoms with E-state index < -0.39 is 0 Å². The van der Waals surface area contributed by atoms with E-state index in [4.69, 9.17) is 31.2 Å². The average molecular weight is 446 g/mol. The number of thioether (sulfide) groups is 1. The summed E-state index contributed by atoms with van der Waals surface area (Å²) in [6.45, 7) is 0.479. The molecule has 0 bridgehead atoms. The second-order valence-electron chi connectivity index (χ2n) is 6.38. The van der Waals surface area contributed by atoms with Crippen LogP contribution in [0.3, 0.4) is 0 Å². The Bertz CT molecular complexity index is 989. The van der Waals surface area contributed by atoms with Crippen molar-refractivity contribution < 1.29 is 23.7 Å². The smallest absolute Gasteiger partial charge is 0.266 e. The van der Waals surface area contributed by atoms with Crippen LogP contribution in [0.25, 0.3) is 6.08 Å². The summed E-state index contributed by atoms with van der Waals surface area (Å²) >= 11 is 6.74. The van der Waals surface area contributed by atoms with Crippen molar-refractivity contribution in [1.29, 1.82) is 0 Å². The fourth-order valence-corrected chi connectivity index (χ4v) is 4.36. The van der Waals surface area contributed by atoms with Gasteiger partial charge in [-0.1, -0.05) is 30.0 Å². The Morgan fingerprint density at radius 3 is 2.30 bits per heavy atom. The van der Waals surface area contributed by atoms with E-state index in [1.807, 2.05) is 36.4 Å². The lowest BCUT2D eigenvalue weighted by atomic mass is 10.1. The number of hydrogen-bond donors (Lipinski definition) is 0. The zero-order valence-electron chi connectivity index (χ0n) is 17.3. The fourth-order valence-electron chi connectivity index (χ4n) is 3.06.